The molecule has 1 aromatic heterocycles. The highest BCUT2D eigenvalue weighted by Gasteiger charge is 2.52. The maximum Gasteiger partial charge on any atom is 0.408 e. The van der Waals surface area contributed by atoms with E-state index in [9.17, 15) is 19.6 Å². The molecule has 218 valence electrons. The summed E-state index contributed by atoms with van der Waals surface area (Å²) in [6.45, 7) is 10.4. The first kappa shape index (κ1) is 28.5. The number of hydrogen-bond donors (Lipinski definition) is 2. The number of hydrogen-bond acceptors (Lipinski definition) is 9. The van der Waals surface area contributed by atoms with Gasteiger partial charge in [-0.15, -0.1) is 5.10 Å². The Kier molecular flexibility index (Phi) is 7.70. The lowest BCUT2D eigenvalue weighted by Crippen LogP contribution is -2.59. The predicted molar refractivity (Wildman–Crippen MR) is 147 cm³/mol. The van der Waals surface area contributed by atoms with Gasteiger partial charge in [-0.05, 0) is 68.5 Å². The van der Waals surface area contributed by atoms with E-state index in [1.54, 1.807) is 25.7 Å². The standard InChI is InChI=1S/C28H37N9O4/c1-16-9-20(12-29)36(13-16)25(38)22(30-27(40)41-28(3,4)5)15-35-14-21-11-23(35)26(39)37(21)17(2)18-7-6-8-19(10-18)24-31-33-34-32-24/h6-8,10,16-17,20-23H,9,11,13-15H2,1-5H3,(H,30,40)(H,31,32,33,34)/t16?,17-,20?,21-,22?,23?/m0/s1. The lowest BCUT2D eigenvalue weighted by molar-refractivity contribution is -0.141. The minimum Gasteiger partial charge on any atom is -0.444 e. The molecule has 3 aliphatic rings. The molecule has 41 heavy (non-hydrogen) atoms. The summed E-state index contributed by atoms with van der Waals surface area (Å²) < 4.78 is 5.44. The largest absolute Gasteiger partial charge is 0.444 e. The summed E-state index contributed by atoms with van der Waals surface area (Å²) in [5.41, 5.74) is 1.06. The highest BCUT2D eigenvalue weighted by Crippen LogP contribution is 2.38. The van der Waals surface area contributed by atoms with E-state index >= 15 is 0 Å². The average Bonchev–Trinajstić information content (AvgIpc) is 3.71. The van der Waals surface area contributed by atoms with Crippen LogP contribution >= 0.6 is 0 Å². The number of carbonyl (C=O) groups excluding carboxylic acids is 3. The van der Waals surface area contributed by atoms with Crippen LogP contribution in [0.3, 0.4) is 0 Å². The molecule has 4 heterocycles. The van der Waals surface area contributed by atoms with E-state index in [1.807, 2.05) is 47.9 Å². The Morgan fingerprint density at radius 2 is 2.05 bits per heavy atom. The summed E-state index contributed by atoms with van der Waals surface area (Å²) in [5, 5.41) is 26.4. The fourth-order valence-electron chi connectivity index (χ4n) is 6.27. The fourth-order valence-corrected chi connectivity index (χ4v) is 6.27. The van der Waals surface area contributed by atoms with Crippen molar-refractivity contribution in [3.63, 3.8) is 0 Å². The summed E-state index contributed by atoms with van der Waals surface area (Å²) in [6, 6.07) is 7.91. The normalized spacial score (nSPS) is 25.7. The van der Waals surface area contributed by atoms with E-state index in [0.29, 0.717) is 31.8 Å². The molecule has 13 heteroatoms. The van der Waals surface area contributed by atoms with Crippen molar-refractivity contribution in [3.05, 3.63) is 29.8 Å². The maximum atomic E-state index is 13.7. The van der Waals surface area contributed by atoms with Gasteiger partial charge >= 0.3 is 6.09 Å². The van der Waals surface area contributed by atoms with Gasteiger partial charge in [0.05, 0.1) is 18.2 Å². The quantitative estimate of drug-likeness (QED) is 0.512. The van der Waals surface area contributed by atoms with Gasteiger partial charge in [-0.2, -0.15) is 5.26 Å². The van der Waals surface area contributed by atoms with Crippen LogP contribution in [0.4, 0.5) is 4.79 Å². The van der Waals surface area contributed by atoms with Crippen LogP contribution in [-0.4, -0.2) is 103 Å². The number of aromatic nitrogens is 4. The van der Waals surface area contributed by atoms with Gasteiger partial charge in [-0.3, -0.25) is 14.5 Å². The summed E-state index contributed by atoms with van der Waals surface area (Å²) in [6.07, 6.45) is 0.531. The molecule has 3 fully saturated rings. The van der Waals surface area contributed by atoms with Crippen LogP contribution in [0.1, 0.15) is 59.1 Å². The monoisotopic (exact) mass is 563 g/mol. The first-order valence-corrected chi connectivity index (χ1v) is 14.0. The van der Waals surface area contributed by atoms with Crippen molar-refractivity contribution >= 4 is 17.9 Å². The van der Waals surface area contributed by atoms with Crippen molar-refractivity contribution in [1.29, 1.82) is 5.26 Å². The maximum absolute atomic E-state index is 13.7. The lowest BCUT2D eigenvalue weighted by Gasteiger charge is -2.39. The van der Waals surface area contributed by atoms with Crippen molar-refractivity contribution in [3.8, 4) is 17.5 Å². The number of nitrogens with zero attached hydrogens (tertiary/aromatic N) is 7. The van der Waals surface area contributed by atoms with Gasteiger partial charge in [0.25, 0.3) is 0 Å². The molecule has 2 aromatic rings. The summed E-state index contributed by atoms with van der Waals surface area (Å²) in [5.74, 6) is 0.405. The average molecular weight is 564 g/mol. The molecule has 0 spiro atoms. The lowest BCUT2D eigenvalue weighted by atomic mass is 10.0. The molecule has 13 nitrogen and oxygen atoms in total. The number of amides is 3. The van der Waals surface area contributed by atoms with Gasteiger partial charge in [0, 0.05) is 31.2 Å². The number of carbonyl (C=O) groups is 3. The zero-order chi connectivity index (χ0) is 29.5. The van der Waals surface area contributed by atoms with E-state index in [1.165, 1.54) is 0 Å². The van der Waals surface area contributed by atoms with Crippen molar-refractivity contribution in [2.75, 3.05) is 19.6 Å². The zero-order valence-corrected chi connectivity index (χ0v) is 24.1. The van der Waals surface area contributed by atoms with Crippen LogP contribution in [0.25, 0.3) is 11.4 Å². The number of H-pyrrole nitrogens is 1. The SMILES string of the molecule is CC1CC(C#N)N(C(=O)C(CN2C[C@@H]3CC2C(=O)N3[C@@H](C)c2cccc(-c3nnn[nH]3)c2)NC(=O)OC(C)(C)C)C1. The minimum absolute atomic E-state index is 0.00588. The molecule has 2 N–H and O–H groups in total. The number of ether oxygens (including phenoxy) is 1. The molecular weight excluding hydrogens is 526 g/mol. The van der Waals surface area contributed by atoms with Gasteiger partial charge in [0.2, 0.25) is 11.8 Å². The van der Waals surface area contributed by atoms with Crippen molar-refractivity contribution in [1.82, 2.24) is 40.6 Å². The van der Waals surface area contributed by atoms with E-state index in [-0.39, 0.29) is 36.4 Å². The Hall–Kier alpha value is -4.05. The molecule has 4 unspecified atom stereocenters. The Labute approximate surface area is 239 Å². The van der Waals surface area contributed by atoms with Crippen LogP contribution < -0.4 is 5.32 Å². The van der Waals surface area contributed by atoms with E-state index in [0.717, 1.165) is 11.1 Å². The fraction of sp³-hybridized carbons (Fsp3) is 0.607. The van der Waals surface area contributed by atoms with Crippen molar-refractivity contribution in [2.45, 2.75) is 83.3 Å². The molecule has 0 saturated carbocycles. The predicted octanol–water partition coefficient (Wildman–Crippen LogP) is 1.87. The Morgan fingerprint density at radius 3 is 2.71 bits per heavy atom. The second-order valence-corrected chi connectivity index (χ2v) is 12.3. The number of piperazine rings is 1. The number of nitrogens with one attached hydrogen (secondary N) is 2. The Morgan fingerprint density at radius 1 is 1.27 bits per heavy atom. The van der Waals surface area contributed by atoms with E-state index in [2.05, 4.69) is 32.0 Å². The summed E-state index contributed by atoms with van der Waals surface area (Å²) in [7, 11) is 0. The number of alkyl carbamates (subject to hydrolysis) is 1. The van der Waals surface area contributed by atoms with Gasteiger partial charge in [-0.25, -0.2) is 9.89 Å². The van der Waals surface area contributed by atoms with Crippen LogP contribution in [0.5, 0.6) is 0 Å². The number of rotatable bonds is 7. The molecule has 3 saturated heterocycles. The summed E-state index contributed by atoms with van der Waals surface area (Å²) in [4.78, 5) is 45.5. The number of tetrazole rings is 1. The number of aromatic amines is 1. The van der Waals surface area contributed by atoms with Crippen LogP contribution in [0.15, 0.2) is 24.3 Å². The van der Waals surface area contributed by atoms with Crippen LogP contribution in [0, 0.1) is 17.2 Å². The molecule has 0 aliphatic carbocycles. The first-order valence-electron chi connectivity index (χ1n) is 14.0. The molecule has 3 aliphatic heterocycles. The van der Waals surface area contributed by atoms with Gasteiger partial charge in [0.15, 0.2) is 5.82 Å². The van der Waals surface area contributed by atoms with E-state index in [4.69, 9.17) is 4.74 Å². The highest BCUT2D eigenvalue weighted by molar-refractivity contribution is 5.88. The van der Waals surface area contributed by atoms with E-state index < -0.39 is 29.8 Å². The van der Waals surface area contributed by atoms with Crippen LogP contribution in [-0.2, 0) is 14.3 Å². The Balaban J connectivity index is 1.30. The molecular formula is C28H37N9O4. The van der Waals surface area contributed by atoms with Crippen molar-refractivity contribution < 1.29 is 19.1 Å². The van der Waals surface area contributed by atoms with Crippen LogP contribution in [0.2, 0.25) is 0 Å². The number of likely N-dealkylation sites (tertiary alicyclic amines) is 3. The van der Waals surface area contributed by atoms with Crippen molar-refractivity contribution in [2.24, 2.45) is 5.92 Å². The summed E-state index contributed by atoms with van der Waals surface area (Å²) >= 11 is 0. The van der Waals surface area contributed by atoms with Gasteiger partial charge in [0.1, 0.15) is 17.7 Å². The number of nitriles is 1. The molecule has 2 bridgehead atoms. The minimum atomic E-state index is -0.948. The third-order valence-electron chi connectivity index (χ3n) is 8.07. The smallest absolute Gasteiger partial charge is 0.408 e. The second kappa shape index (κ2) is 11.1. The number of fused-ring (bicyclic) bond motifs is 2. The second-order valence-electron chi connectivity index (χ2n) is 12.3. The number of benzene rings is 1. The molecule has 3 amide bonds. The first-order chi connectivity index (χ1) is 19.4. The Bertz CT molecular complexity index is 1330. The molecule has 1 aromatic carbocycles. The molecule has 5 rings (SSSR count). The van der Waals surface area contributed by atoms with Gasteiger partial charge in [-0.1, -0.05) is 25.1 Å². The zero-order valence-electron chi connectivity index (χ0n) is 24.1. The highest BCUT2D eigenvalue weighted by atomic mass is 16.6. The third-order valence-corrected chi connectivity index (χ3v) is 8.07. The van der Waals surface area contributed by atoms with Gasteiger partial charge < -0.3 is 19.9 Å². The topological polar surface area (TPSA) is 160 Å². The molecule has 6 atom stereocenters. The third kappa shape index (κ3) is 5.88. The molecule has 0 radical (unpaired) electrons.